The van der Waals surface area contributed by atoms with Gasteiger partial charge in [-0.15, -0.1) is 34.9 Å². The van der Waals surface area contributed by atoms with Gasteiger partial charge in [0.1, 0.15) is 5.69 Å². The molecule has 5 nitrogen and oxygen atoms in total. The van der Waals surface area contributed by atoms with Gasteiger partial charge >= 0.3 is 0 Å². The van der Waals surface area contributed by atoms with Gasteiger partial charge in [0, 0.05) is 40.7 Å². The Labute approximate surface area is 213 Å². The molecule has 0 unspecified atom stereocenters. The lowest BCUT2D eigenvalue weighted by Crippen LogP contribution is -2.38. The number of thiazole rings is 1. The first-order valence-electron chi connectivity index (χ1n) is 11.3. The molecule has 1 N–H and O–H groups in total. The Hall–Kier alpha value is -2.29. The minimum Gasteiger partial charge on any atom is -0.347 e. The van der Waals surface area contributed by atoms with Gasteiger partial charge in [0.25, 0.3) is 5.91 Å². The van der Waals surface area contributed by atoms with Gasteiger partial charge in [0.15, 0.2) is 0 Å². The summed E-state index contributed by atoms with van der Waals surface area (Å²) in [6.07, 6.45) is 6.30. The van der Waals surface area contributed by atoms with Gasteiger partial charge in [0.05, 0.1) is 11.4 Å². The maximum Gasteiger partial charge on any atom is 0.271 e. The van der Waals surface area contributed by atoms with Gasteiger partial charge < -0.3 is 10.2 Å². The molecule has 0 bridgehead atoms. The third kappa shape index (κ3) is 6.23. The van der Waals surface area contributed by atoms with Crippen LogP contribution < -0.4 is 5.32 Å². The molecule has 0 atom stereocenters. The molecule has 4 rings (SSSR count). The summed E-state index contributed by atoms with van der Waals surface area (Å²) < 4.78 is 0. The summed E-state index contributed by atoms with van der Waals surface area (Å²) in [5.74, 6) is 0.340. The molecule has 0 aliphatic carbocycles. The first-order valence-corrected chi connectivity index (χ1v) is 14.7. The average molecular weight is 512 g/mol. The highest BCUT2D eigenvalue weighted by atomic mass is 32.2. The number of carbonyl (C=O) groups is 2. The summed E-state index contributed by atoms with van der Waals surface area (Å²) in [4.78, 5) is 34.4. The third-order valence-electron chi connectivity index (χ3n) is 6.10. The second-order valence-corrected chi connectivity index (χ2v) is 10.9. The number of amides is 2. The number of likely N-dealkylation sites (tertiary alicyclic amines) is 1. The van der Waals surface area contributed by atoms with Crippen molar-refractivity contribution in [3.05, 3.63) is 75.7 Å². The molecular weight excluding hydrogens is 483 g/mol. The monoisotopic (exact) mass is 511 g/mol. The van der Waals surface area contributed by atoms with Crippen LogP contribution in [-0.2, 0) is 17.8 Å². The summed E-state index contributed by atoms with van der Waals surface area (Å²) in [5, 5.41) is 5.84. The van der Waals surface area contributed by atoms with E-state index in [0.29, 0.717) is 24.6 Å². The van der Waals surface area contributed by atoms with Crippen LogP contribution in [0, 0.1) is 0 Å². The minimum absolute atomic E-state index is 0.140. The lowest BCUT2D eigenvalue weighted by molar-refractivity contribution is -0.131. The van der Waals surface area contributed by atoms with Crippen molar-refractivity contribution in [3.8, 4) is 0 Å². The molecule has 178 valence electrons. The fourth-order valence-corrected chi connectivity index (χ4v) is 6.10. The molecule has 2 aromatic carbocycles. The number of piperidine rings is 1. The van der Waals surface area contributed by atoms with Crippen LogP contribution in [0.4, 0.5) is 0 Å². The van der Waals surface area contributed by atoms with Crippen molar-refractivity contribution in [2.24, 2.45) is 0 Å². The Morgan fingerprint density at radius 2 is 1.79 bits per heavy atom. The zero-order valence-electron chi connectivity index (χ0n) is 19.5. The summed E-state index contributed by atoms with van der Waals surface area (Å²) in [7, 11) is 0. The van der Waals surface area contributed by atoms with Crippen LogP contribution in [0.3, 0.4) is 0 Å². The van der Waals surface area contributed by atoms with Gasteiger partial charge in [-0.25, -0.2) is 4.98 Å². The van der Waals surface area contributed by atoms with E-state index in [9.17, 15) is 9.59 Å². The number of thioether (sulfide) groups is 2. The number of hydrogen-bond acceptors (Lipinski definition) is 6. The van der Waals surface area contributed by atoms with Crippen LogP contribution in [0.1, 0.15) is 45.4 Å². The Kier molecular flexibility index (Phi) is 8.69. The molecule has 3 aromatic rings. The van der Waals surface area contributed by atoms with Crippen molar-refractivity contribution < 1.29 is 9.59 Å². The molecule has 34 heavy (non-hydrogen) atoms. The molecule has 1 fully saturated rings. The lowest BCUT2D eigenvalue weighted by atomic mass is 9.97. The maximum absolute atomic E-state index is 12.7. The highest BCUT2D eigenvalue weighted by Crippen LogP contribution is 2.31. The molecule has 0 spiro atoms. The van der Waals surface area contributed by atoms with Gasteiger partial charge in [-0.2, -0.15) is 0 Å². The molecule has 1 aliphatic heterocycles. The standard InChI is InChI=1S/C26H29N3O2S3/c1-32-21-9-7-18(8-10-21)15-24(30)29-13-11-19(12-14-29)26-28-22(17-34-26)25(31)27-16-20-5-3-4-6-23(20)33-2/h3-10,17,19H,11-16H2,1-2H3,(H,27,31). The Morgan fingerprint density at radius 3 is 2.50 bits per heavy atom. The summed E-state index contributed by atoms with van der Waals surface area (Å²) in [6.45, 7) is 1.96. The van der Waals surface area contributed by atoms with E-state index in [1.165, 1.54) is 9.79 Å². The van der Waals surface area contributed by atoms with E-state index >= 15 is 0 Å². The topological polar surface area (TPSA) is 62.3 Å². The predicted octanol–water partition coefficient (Wildman–Crippen LogP) is 5.47. The Morgan fingerprint density at radius 1 is 1.06 bits per heavy atom. The molecule has 0 radical (unpaired) electrons. The van der Waals surface area contributed by atoms with E-state index in [1.54, 1.807) is 34.9 Å². The van der Waals surface area contributed by atoms with E-state index in [4.69, 9.17) is 0 Å². The molecule has 2 amide bonds. The molecule has 1 saturated heterocycles. The van der Waals surface area contributed by atoms with Gasteiger partial charge in [-0.3, -0.25) is 9.59 Å². The van der Waals surface area contributed by atoms with Crippen molar-refractivity contribution in [2.45, 2.75) is 41.5 Å². The summed E-state index contributed by atoms with van der Waals surface area (Å²) in [5.41, 5.74) is 2.64. The Bertz CT molecular complexity index is 1120. The lowest BCUT2D eigenvalue weighted by Gasteiger charge is -2.31. The fourth-order valence-electron chi connectivity index (χ4n) is 4.10. The van der Waals surface area contributed by atoms with E-state index < -0.39 is 0 Å². The molecule has 1 aromatic heterocycles. The number of benzene rings is 2. The Balaban J connectivity index is 1.27. The van der Waals surface area contributed by atoms with Gasteiger partial charge in [0.2, 0.25) is 5.91 Å². The molecule has 8 heteroatoms. The normalized spacial score (nSPS) is 14.2. The summed E-state index contributed by atoms with van der Waals surface area (Å²) in [6, 6.07) is 16.3. The number of hydrogen-bond donors (Lipinski definition) is 1. The highest BCUT2D eigenvalue weighted by molar-refractivity contribution is 7.98. The van der Waals surface area contributed by atoms with Crippen LogP contribution in [0.15, 0.2) is 63.7 Å². The SMILES string of the molecule is CSc1ccc(CC(=O)N2CCC(c3nc(C(=O)NCc4ccccc4SC)cs3)CC2)cc1. The zero-order valence-corrected chi connectivity index (χ0v) is 21.9. The maximum atomic E-state index is 12.7. The fraction of sp³-hybridized carbons (Fsp3) is 0.346. The zero-order chi connectivity index (χ0) is 23.9. The van der Waals surface area contributed by atoms with Crippen LogP contribution in [0.5, 0.6) is 0 Å². The van der Waals surface area contributed by atoms with Crippen LogP contribution in [-0.4, -0.2) is 47.3 Å². The van der Waals surface area contributed by atoms with Crippen molar-refractivity contribution in [1.82, 2.24) is 15.2 Å². The number of nitrogens with zero attached hydrogens (tertiary/aromatic N) is 2. The first-order chi connectivity index (χ1) is 16.6. The van der Waals surface area contributed by atoms with E-state index in [2.05, 4.69) is 28.5 Å². The van der Waals surface area contributed by atoms with E-state index in [-0.39, 0.29) is 11.8 Å². The van der Waals surface area contributed by atoms with Crippen molar-refractivity contribution in [2.75, 3.05) is 25.6 Å². The molecule has 2 heterocycles. The number of rotatable bonds is 8. The van der Waals surface area contributed by atoms with Crippen molar-refractivity contribution in [1.29, 1.82) is 0 Å². The summed E-state index contributed by atoms with van der Waals surface area (Å²) >= 11 is 4.93. The van der Waals surface area contributed by atoms with Crippen LogP contribution >= 0.6 is 34.9 Å². The first kappa shape index (κ1) is 24.8. The van der Waals surface area contributed by atoms with Crippen molar-refractivity contribution >= 4 is 46.7 Å². The molecule has 1 aliphatic rings. The second kappa shape index (κ2) is 11.9. The minimum atomic E-state index is -0.140. The number of nitrogens with one attached hydrogen (secondary N) is 1. The van der Waals surface area contributed by atoms with Gasteiger partial charge in [-0.05, 0) is 54.7 Å². The predicted molar refractivity (Wildman–Crippen MR) is 142 cm³/mol. The average Bonchev–Trinajstić information content (AvgIpc) is 3.38. The van der Waals surface area contributed by atoms with Crippen molar-refractivity contribution in [3.63, 3.8) is 0 Å². The largest absolute Gasteiger partial charge is 0.347 e. The highest BCUT2D eigenvalue weighted by Gasteiger charge is 2.26. The third-order valence-corrected chi connectivity index (χ3v) is 8.69. The van der Waals surface area contributed by atoms with Gasteiger partial charge in [-0.1, -0.05) is 30.3 Å². The molecule has 0 saturated carbocycles. The number of aromatic nitrogens is 1. The van der Waals surface area contributed by atoms with Crippen LogP contribution in [0.25, 0.3) is 0 Å². The van der Waals surface area contributed by atoms with E-state index in [0.717, 1.165) is 42.1 Å². The van der Waals surface area contributed by atoms with E-state index in [1.807, 2.05) is 53.1 Å². The van der Waals surface area contributed by atoms with Crippen LogP contribution in [0.2, 0.25) is 0 Å². The second-order valence-electron chi connectivity index (χ2n) is 8.25. The molecular formula is C26H29N3O2S3. The smallest absolute Gasteiger partial charge is 0.271 e. The number of carbonyl (C=O) groups excluding carboxylic acids is 2. The quantitative estimate of drug-likeness (QED) is 0.407.